The van der Waals surface area contributed by atoms with Crippen molar-refractivity contribution in [2.75, 3.05) is 13.6 Å². The molecule has 1 atom stereocenters. The van der Waals surface area contributed by atoms with E-state index < -0.39 is 5.41 Å². The van der Waals surface area contributed by atoms with Gasteiger partial charge in [-0.3, -0.25) is 9.59 Å². The Kier molecular flexibility index (Phi) is 4.03. The maximum Gasteiger partial charge on any atom is 0.256 e. The third-order valence-corrected chi connectivity index (χ3v) is 4.40. The maximum absolute atomic E-state index is 12.8. The largest absolute Gasteiger partial charge is 0.355 e. The topological polar surface area (TPSA) is 79.6 Å². The first-order valence-corrected chi connectivity index (χ1v) is 8.20. The molecule has 0 radical (unpaired) electrons. The van der Waals surface area contributed by atoms with Gasteiger partial charge in [-0.15, -0.1) is 0 Å². The first-order valence-electron chi connectivity index (χ1n) is 8.20. The van der Waals surface area contributed by atoms with Crippen LogP contribution in [-0.2, 0) is 4.79 Å². The molecule has 1 fully saturated rings. The van der Waals surface area contributed by atoms with E-state index in [1.807, 2.05) is 31.7 Å². The quantitative estimate of drug-likeness (QED) is 0.911. The molecule has 2 amide bonds. The first kappa shape index (κ1) is 16.4. The van der Waals surface area contributed by atoms with Gasteiger partial charge >= 0.3 is 0 Å². The summed E-state index contributed by atoms with van der Waals surface area (Å²) < 4.78 is 1.68. The zero-order valence-corrected chi connectivity index (χ0v) is 14.5. The Hall–Kier alpha value is -2.44. The summed E-state index contributed by atoms with van der Waals surface area (Å²) >= 11 is 0. The van der Waals surface area contributed by atoms with Crippen LogP contribution >= 0.6 is 0 Å². The molecule has 24 heavy (non-hydrogen) atoms. The highest BCUT2D eigenvalue weighted by Crippen LogP contribution is 2.35. The number of amides is 2. The third kappa shape index (κ3) is 2.64. The van der Waals surface area contributed by atoms with Crippen molar-refractivity contribution in [1.29, 1.82) is 0 Å². The van der Waals surface area contributed by atoms with Crippen molar-refractivity contribution in [2.24, 2.45) is 5.41 Å². The van der Waals surface area contributed by atoms with Crippen LogP contribution in [0.5, 0.6) is 0 Å². The fraction of sp³-hybridized carbons (Fsp3) is 0.529. The fourth-order valence-electron chi connectivity index (χ4n) is 3.21. The van der Waals surface area contributed by atoms with Crippen LogP contribution in [0.3, 0.4) is 0 Å². The SMILES string of the molecule is CNC(=O)c1cnn2c(C3CCCN3C(=O)C(C)(C)C)ccnc12. The van der Waals surface area contributed by atoms with Gasteiger partial charge in [-0.25, -0.2) is 9.50 Å². The minimum absolute atomic E-state index is 0.0420. The molecular formula is C17H23N5O2. The van der Waals surface area contributed by atoms with E-state index >= 15 is 0 Å². The summed E-state index contributed by atoms with van der Waals surface area (Å²) in [4.78, 5) is 30.9. The van der Waals surface area contributed by atoms with Crippen LogP contribution in [0, 0.1) is 5.41 Å². The number of hydrogen-bond acceptors (Lipinski definition) is 4. The van der Waals surface area contributed by atoms with Crippen molar-refractivity contribution in [1.82, 2.24) is 24.8 Å². The van der Waals surface area contributed by atoms with Gasteiger partial charge in [0, 0.05) is 25.2 Å². The summed E-state index contributed by atoms with van der Waals surface area (Å²) in [6.45, 7) is 6.55. The molecule has 3 rings (SSSR count). The lowest BCUT2D eigenvalue weighted by Crippen LogP contribution is -2.39. The van der Waals surface area contributed by atoms with Crippen molar-refractivity contribution >= 4 is 17.5 Å². The predicted octanol–water partition coefficient (Wildman–Crippen LogP) is 1.80. The number of nitrogens with one attached hydrogen (secondary N) is 1. The second-order valence-corrected chi connectivity index (χ2v) is 7.15. The molecule has 0 saturated carbocycles. The van der Waals surface area contributed by atoms with E-state index in [1.54, 1.807) is 17.8 Å². The number of fused-ring (bicyclic) bond motifs is 1. The molecule has 1 saturated heterocycles. The van der Waals surface area contributed by atoms with Gasteiger partial charge in [0.2, 0.25) is 5.91 Å². The minimum Gasteiger partial charge on any atom is -0.355 e. The summed E-state index contributed by atoms with van der Waals surface area (Å²) in [6, 6.07) is 1.84. The molecule has 1 aliphatic heterocycles. The van der Waals surface area contributed by atoms with E-state index in [1.165, 1.54) is 6.20 Å². The Labute approximate surface area is 141 Å². The van der Waals surface area contributed by atoms with Crippen LogP contribution in [0.25, 0.3) is 5.65 Å². The second kappa shape index (κ2) is 5.89. The van der Waals surface area contributed by atoms with Crippen LogP contribution in [0.1, 0.15) is 55.7 Å². The van der Waals surface area contributed by atoms with Crippen molar-refractivity contribution in [3.8, 4) is 0 Å². The number of aromatic nitrogens is 3. The highest BCUT2D eigenvalue weighted by molar-refractivity contribution is 5.99. The summed E-state index contributed by atoms with van der Waals surface area (Å²) in [6.07, 6.45) is 5.04. The molecule has 0 aliphatic carbocycles. The summed E-state index contributed by atoms with van der Waals surface area (Å²) in [5, 5.41) is 6.94. The normalized spacial score (nSPS) is 18.2. The highest BCUT2D eigenvalue weighted by Gasteiger charge is 2.37. The molecule has 0 aromatic carbocycles. The van der Waals surface area contributed by atoms with Crippen LogP contribution in [0.15, 0.2) is 18.5 Å². The van der Waals surface area contributed by atoms with Gasteiger partial charge in [-0.1, -0.05) is 20.8 Å². The number of rotatable bonds is 2. The standard InChI is InChI=1S/C17H23N5O2/c1-17(2,3)16(24)21-9-5-6-12(21)13-7-8-19-14-11(15(23)18-4)10-20-22(13)14/h7-8,10,12H,5-6,9H2,1-4H3,(H,18,23). The molecule has 2 aromatic heterocycles. The smallest absolute Gasteiger partial charge is 0.256 e. The maximum atomic E-state index is 12.8. The van der Waals surface area contributed by atoms with Crippen LogP contribution in [0.2, 0.25) is 0 Å². The molecule has 3 heterocycles. The molecule has 7 nitrogen and oxygen atoms in total. The van der Waals surface area contributed by atoms with Crippen molar-refractivity contribution in [3.05, 3.63) is 29.7 Å². The molecular weight excluding hydrogens is 306 g/mol. The van der Waals surface area contributed by atoms with Gasteiger partial charge < -0.3 is 10.2 Å². The summed E-state index contributed by atoms with van der Waals surface area (Å²) in [5.74, 6) is -0.0858. The molecule has 7 heteroatoms. The Morgan fingerprint density at radius 3 is 2.75 bits per heavy atom. The van der Waals surface area contributed by atoms with E-state index in [-0.39, 0.29) is 17.9 Å². The Balaban J connectivity index is 2.04. The van der Waals surface area contributed by atoms with Gasteiger partial charge in [-0.2, -0.15) is 5.10 Å². The molecule has 0 spiro atoms. The monoisotopic (exact) mass is 329 g/mol. The third-order valence-electron chi connectivity index (χ3n) is 4.40. The number of hydrogen-bond donors (Lipinski definition) is 1. The first-order chi connectivity index (χ1) is 11.3. The average Bonchev–Trinajstić information content (AvgIpc) is 3.18. The van der Waals surface area contributed by atoms with E-state index in [0.717, 1.165) is 25.1 Å². The zero-order chi connectivity index (χ0) is 17.5. The van der Waals surface area contributed by atoms with Gasteiger partial charge in [0.05, 0.1) is 17.9 Å². The highest BCUT2D eigenvalue weighted by atomic mass is 16.2. The second-order valence-electron chi connectivity index (χ2n) is 7.15. The van der Waals surface area contributed by atoms with Crippen LogP contribution in [0.4, 0.5) is 0 Å². The predicted molar refractivity (Wildman–Crippen MR) is 89.5 cm³/mol. The number of carbonyl (C=O) groups is 2. The van der Waals surface area contributed by atoms with Gasteiger partial charge in [-0.05, 0) is 18.9 Å². The Morgan fingerprint density at radius 2 is 2.08 bits per heavy atom. The van der Waals surface area contributed by atoms with E-state index in [4.69, 9.17) is 0 Å². The summed E-state index contributed by atoms with van der Waals surface area (Å²) in [5.41, 5.74) is 1.42. The van der Waals surface area contributed by atoms with Crippen molar-refractivity contribution in [2.45, 2.75) is 39.7 Å². The van der Waals surface area contributed by atoms with Crippen molar-refractivity contribution in [3.63, 3.8) is 0 Å². The Morgan fingerprint density at radius 1 is 1.33 bits per heavy atom. The lowest BCUT2D eigenvalue weighted by Gasteiger charge is -2.31. The van der Waals surface area contributed by atoms with Crippen molar-refractivity contribution < 1.29 is 9.59 Å². The van der Waals surface area contributed by atoms with E-state index in [0.29, 0.717) is 11.2 Å². The van der Waals surface area contributed by atoms with Gasteiger partial charge in [0.1, 0.15) is 5.56 Å². The molecule has 1 N–H and O–H groups in total. The fourth-order valence-corrected chi connectivity index (χ4v) is 3.21. The van der Waals surface area contributed by atoms with Gasteiger partial charge in [0.25, 0.3) is 5.91 Å². The number of carbonyl (C=O) groups excluding carboxylic acids is 2. The average molecular weight is 329 g/mol. The minimum atomic E-state index is -0.424. The molecule has 1 aliphatic rings. The lowest BCUT2D eigenvalue weighted by atomic mass is 9.94. The summed E-state index contributed by atoms with van der Waals surface area (Å²) in [7, 11) is 1.58. The van der Waals surface area contributed by atoms with Gasteiger partial charge in [0.15, 0.2) is 5.65 Å². The molecule has 128 valence electrons. The lowest BCUT2D eigenvalue weighted by molar-refractivity contribution is -0.140. The molecule has 0 bridgehead atoms. The van der Waals surface area contributed by atoms with E-state index in [9.17, 15) is 9.59 Å². The molecule has 2 aromatic rings. The van der Waals surface area contributed by atoms with Crippen LogP contribution in [-0.4, -0.2) is 44.9 Å². The van der Waals surface area contributed by atoms with E-state index in [2.05, 4.69) is 15.4 Å². The molecule has 1 unspecified atom stereocenters. The number of likely N-dealkylation sites (tertiary alicyclic amines) is 1. The number of nitrogens with zero attached hydrogens (tertiary/aromatic N) is 4. The zero-order valence-electron chi connectivity index (χ0n) is 14.5. The Bertz CT molecular complexity index is 790. The van der Waals surface area contributed by atoms with Crippen LogP contribution < -0.4 is 5.32 Å².